The second-order valence-corrected chi connectivity index (χ2v) is 2.75. The summed E-state index contributed by atoms with van der Waals surface area (Å²) in [4.78, 5) is 20.4. The number of carbonyl (C=O) groups is 2. The predicted molar refractivity (Wildman–Crippen MR) is 45.3 cm³/mol. The topological polar surface area (TPSA) is 43.4 Å². The van der Waals surface area contributed by atoms with Crippen LogP contribution in [0.15, 0.2) is 24.3 Å². The molecule has 1 rings (SSSR count). The summed E-state index contributed by atoms with van der Waals surface area (Å²) in [7, 11) is 0. The zero-order valence-electron chi connectivity index (χ0n) is 7.35. The molecule has 0 bridgehead atoms. The Morgan fingerprint density at radius 2 is 1.83 bits per heavy atom. The molecule has 66 valence electrons. The Hall–Kier alpha value is -1.38. The van der Waals surface area contributed by atoms with E-state index in [0.717, 1.165) is 0 Å². The van der Waals surface area contributed by atoms with Crippen LogP contribution in [0.4, 0.5) is 0 Å². The van der Waals surface area contributed by atoms with Crippen molar-refractivity contribution in [2.75, 3.05) is 0 Å². The molecule has 3 nitrogen and oxygen atoms in total. The lowest BCUT2D eigenvalue weighted by Crippen LogP contribution is -1.95. The average Bonchev–Trinajstić information content (AvgIpc) is 2.08. The van der Waals surface area contributed by atoms with Crippen molar-refractivity contribution < 1.29 is 14.3 Å². The molecule has 1 aliphatic rings. The molecule has 0 amide bonds. The normalized spacial score (nSPS) is 15.0. The maximum atomic E-state index is 10.2. The van der Waals surface area contributed by atoms with Crippen LogP contribution in [0.5, 0.6) is 0 Å². The first-order valence-corrected chi connectivity index (χ1v) is 3.48. The van der Waals surface area contributed by atoms with Gasteiger partial charge in [-0.15, -0.1) is 6.58 Å². The van der Waals surface area contributed by atoms with E-state index in [1.807, 2.05) is 13.8 Å². The van der Waals surface area contributed by atoms with Gasteiger partial charge in [-0.3, -0.25) is 4.79 Å². The number of hydrogen-bond acceptors (Lipinski definition) is 3. The SMILES string of the molecule is C=C(C)C.C=C1CC(=O)OC1=O. The van der Waals surface area contributed by atoms with E-state index < -0.39 is 11.9 Å². The molecular formula is C9H12O3. The molecule has 1 aliphatic heterocycles. The number of carbonyl (C=O) groups excluding carboxylic acids is 2. The van der Waals surface area contributed by atoms with Gasteiger partial charge in [0.25, 0.3) is 0 Å². The molecule has 1 saturated heterocycles. The maximum absolute atomic E-state index is 10.2. The van der Waals surface area contributed by atoms with Gasteiger partial charge in [0.1, 0.15) is 0 Å². The Morgan fingerprint density at radius 3 is 1.92 bits per heavy atom. The van der Waals surface area contributed by atoms with Crippen LogP contribution >= 0.6 is 0 Å². The Morgan fingerprint density at radius 1 is 1.42 bits per heavy atom. The monoisotopic (exact) mass is 168 g/mol. The van der Waals surface area contributed by atoms with E-state index in [2.05, 4.69) is 17.9 Å². The van der Waals surface area contributed by atoms with Gasteiger partial charge in [0.2, 0.25) is 0 Å². The highest BCUT2D eigenvalue weighted by atomic mass is 16.6. The molecule has 0 radical (unpaired) electrons. The van der Waals surface area contributed by atoms with Crippen LogP contribution in [0.3, 0.4) is 0 Å². The minimum Gasteiger partial charge on any atom is -0.389 e. The molecule has 0 aliphatic carbocycles. The van der Waals surface area contributed by atoms with E-state index in [0.29, 0.717) is 0 Å². The van der Waals surface area contributed by atoms with Gasteiger partial charge < -0.3 is 4.74 Å². The van der Waals surface area contributed by atoms with Crippen molar-refractivity contribution in [1.82, 2.24) is 0 Å². The molecule has 0 aromatic heterocycles. The molecule has 0 aromatic carbocycles. The van der Waals surface area contributed by atoms with Crippen molar-refractivity contribution in [3.63, 3.8) is 0 Å². The number of esters is 2. The third-order valence-corrected chi connectivity index (χ3v) is 0.853. The highest BCUT2D eigenvalue weighted by molar-refractivity contribution is 6.05. The lowest BCUT2D eigenvalue weighted by Gasteiger charge is -1.80. The molecule has 12 heavy (non-hydrogen) atoms. The summed E-state index contributed by atoms with van der Waals surface area (Å²) in [6, 6.07) is 0. The molecule has 0 N–H and O–H groups in total. The largest absolute Gasteiger partial charge is 0.389 e. The molecule has 0 spiro atoms. The first-order chi connectivity index (χ1) is 5.43. The minimum absolute atomic E-state index is 0.0544. The highest BCUT2D eigenvalue weighted by Gasteiger charge is 2.24. The van der Waals surface area contributed by atoms with Gasteiger partial charge in [0.05, 0.1) is 6.42 Å². The molecule has 0 saturated carbocycles. The van der Waals surface area contributed by atoms with Gasteiger partial charge >= 0.3 is 11.9 Å². The number of allylic oxidation sites excluding steroid dienone is 1. The molecule has 1 heterocycles. The van der Waals surface area contributed by atoms with Crippen LogP contribution in [0.1, 0.15) is 20.3 Å². The summed E-state index contributed by atoms with van der Waals surface area (Å²) in [5, 5.41) is 0. The molecule has 3 heteroatoms. The van der Waals surface area contributed by atoms with E-state index in [4.69, 9.17) is 0 Å². The van der Waals surface area contributed by atoms with Gasteiger partial charge in [-0.05, 0) is 13.8 Å². The van der Waals surface area contributed by atoms with Crippen LogP contribution in [0, 0.1) is 0 Å². The zero-order chi connectivity index (χ0) is 9.72. The smallest absolute Gasteiger partial charge is 0.341 e. The van der Waals surface area contributed by atoms with Crippen molar-refractivity contribution in [1.29, 1.82) is 0 Å². The van der Waals surface area contributed by atoms with Gasteiger partial charge in [0.15, 0.2) is 0 Å². The zero-order valence-corrected chi connectivity index (χ0v) is 7.35. The molecule has 0 unspecified atom stereocenters. The van der Waals surface area contributed by atoms with Crippen LogP contribution in [-0.4, -0.2) is 11.9 Å². The second kappa shape index (κ2) is 4.49. The van der Waals surface area contributed by atoms with Crippen molar-refractivity contribution >= 4 is 11.9 Å². The maximum Gasteiger partial charge on any atom is 0.341 e. The standard InChI is InChI=1S/C5H4O3.C4H8/c1-3-2-4(6)8-5(3)7;1-4(2)3/h1-2H2;1H2,2-3H3. The van der Waals surface area contributed by atoms with E-state index >= 15 is 0 Å². The Bertz CT molecular complexity index is 216. The van der Waals surface area contributed by atoms with E-state index in [9.17, 15) is 9.59 Å². The summed E-state index contributed by atoms with van der Waals surface area (Å²) >= 11 is 0. The number of ether oxygens (including phenoxy) is 1. The predicted octanol–water partition coefficient (Wildman–Crippen LogP) is 1.60. The Labute approximate surface area is 71.7 Å². The summed E-state index contributed by atoms with van der Waals surface area (Å²) in [6.07, 6.45) is 0.0544. The lowest BCUT2D eigenvalue weighted by molar-refractivity contribution is -0.151. The molecule has 0 atom stereocenters. The highest BCUT2D eigenvalue weighted by Crippen LogP contribution is 2.10. The lowest BCUT2D eigenvalue weighted by atomic mass is 10.3. The summed E-state index contributed by atoms with van der Waals surface area (Å²) < 4.78 is 4.10. The fourth-order valence-electron chi connectivity index (χ4n) is 0.458. The average molecular weight is 168 g/mol. The van der Waals surface area contributed by atoms with E-state index in [1.54, 1.807) is 0 Å². The second-order valence-electron chi connectivity index (χ2n) is 2.75. The van der Waals surface area contributed by atoms with Gasteiger partial charge in [-0.2, -0.15) is 0 Å². The first kappa shape index (κ1) is 10.6. The van der Waals surface area contributed by atoms with Crippen LogP contribution in [-0.2, 0) is 14.3 Å². The summed E-state index contributed by atoms with van der Waals surface area (Å²) in [6.45, 7) is 10.8. The first-order valence-electron chi connectivity index (χ1n) is 3.48. The van der Waals surface area contributed by atoms with Crippen molar-refractivity contribution in [3.05, 3.63) is 24.3 Å². The van der Waals surface area contributed by atoms with Gasteiger partial charge in [-0.1, -0.05) is 12.2 Å². The third kappa shape index (κ3) is 4.44. The number of hydrogen-bond donors (Lipinski definition) is 0. The molecule has 0 aromatic rings. The summed E-state index contributed by atoms with van der Waals surface area (Å²) in [5.74, 6) is -1.09. The van der Waals surface area contributed by atoms with E-state index in [1.165, 1.54) is 5.57 Å². The van der Waals surface area contributed by atoms with E-state index in [-0.39, 0.29) is 12.0 Å². The van der Waals surface area contributed by atoms with Crippen LogP contribution in [0.25, 0.3) is 0 Å². The van der Waals surface area contributed by atoms with Crippen LogP contribution in [0.2, 0.25) is 0 Å². The fourth-order valence-corrected chi connectivity index (χ4v) is 0.458. The molecule has 1 fully saturated rings. The minimum atomic E-state index is -0.588. The van der Waals surface area contributed by atoms with Gasteiger partial charge in [0, 0.05) is 5.57 Å². The third-order valence-electron chi connectivity index (χ3n) is 0.853. The van der Waals surface area contributed by atoms with Crippen molar-refractivity contribution in [3.8, 4) is 0 Å². The number of cyclic esters (lactones) is 2. The van der Waals surface area contributed by atoms with Crippen molar-refractivity contribution in [2.45, 2.75) is 20.3 Å². The summed E-state index contributed by atoms with van der Waals surface area (Å²) in [5.41, 5.74) is 1.41. The van der Waals surface area contributed by atoms with Crippen LogP contribution < -0.4 is 0 Å². The Balaban J connectivity index is 0.000000261. The van der Waals surface area contributed by atoms with Gasteiger partial charge in [-0.25, -0.2) is 4.79 Å². The van der Waals surface area contributed by atoms with Crippen molar-refractivity contribution in [2.24, 2.45) is 0 Å². The fraction of sp³-hybridized carbons (Fsp3) is 0.333. The number of rotatable bonds is 0. The Kier molecular flexibility index (Phi) is 3.97. The quantitative estimate of drug-likeness (QED) is 0.239. The molecular weight excluding hydrogens is 156 g/mol.